The second-order valence-electron chi connectivity index (χ2n) is 2.37. The summed E-state index contributed by atoms with van der Waals surface area (Å²) < 4.78 is 28.2. The van der Waals surface area contributed by atoms with Gasteiger partial charge in [0.15, 0.2) is 6.39 Å². The number of carbonyl (C=O) groups is 1. The predicted octanol–water partition coefficient (Wildman–Crippen LogP) is 0.864. The first-order chi connectivity index (χ1) is 6.11. The predicted molar refractivity (Wildman–Crippen MR) is 39.1 cm³/mol. The van der Waals surface area contributed by atoms with Crippen LogP contribution >= 0.6 is 0 Å². The van der Waals surface area contributed by atoms with Crippen molar-refractivity contribution >= 4 is 5.91 Å². The molecule has 1 amide bonds. The van der Waals surface area contributed by atoms with E-state index in [1.165, 1.54) is 6.39 Å². The zero-order chi connectivity index (χ0) is 9.84. The van der Waals surface area contributed by atoms with Crippen LogP contribution in [-0.4, -0.2) is 17.3 Å². The van der Waals surface area contributed by atoms with Gasteiger partial charge in [0.05, 0.1) is 6.54 Å². The second kappa shape index (κ2) is 3.97. The maximum atomic E-state index is 11.7. The Hall–Kier alpha value is -1.46. The van der Waals surface area contributed by atoms with Gasteiger partial charge in [-0.2, -0.15) is 8.78 Å². The fraction of sp³-hybridized carbons (Fsp3) is 0.429. The Morgan fingerprint density at radius 3 is 2.92 bits per heavy atom. The van der Waals surface area contributed by atoms with Gasteiger partial charge in [0.25, 0.3) is 5.91 Å². The number of aromatic nitrogens is 1. The number of rotatable bonds is 3. The Bertz CT molecular complexity index is 298. The largest absolute Gasteiger partial charge is 0.448 e. The number of nitrogens with zero attached hydrogens (tertiary/aromatic N) is 1. The molecular formula is C7H8F2N2O2. The first-order valence-corrected chi connectivity index (χ1v) is 3.56. The molecule has 6 heteroatoms. The van der Waals surface area contributed by atoms with E-state index in [-0.39, 0.29) is 6.54 Å². The molecule has 0 spiro atoms. The topological polar surface area (TPSA) is 55.1 Å². The zero-order valence-electron chi connectivity index (χ0n) is 6.88. The smallest absolute Gasteiger partial charge is 0.315 e. The minimum absolute atomic E-state index is 0.0362. The molecule has 1 heterocycles. The van der Waals surface area contributed by atoms with Gasteiger partial charge in [-0.1, -0.05) is 0 Å². The van der Waals surface area contributed by atoms with Crippen LogP contribution in [0, 0.1) is 6.92 Å². The molecule has 0 aliphatic carbocycles. The summed E-state index contributed by atoms with van der Waals surface area (Å²) in [5.74, 6) is -0.794. The van der Waals surface area contributed by atoms with E-state index < -0.39 is 12.3 Å². The molecule has 72 valence electrons. The van der Waals surface area contributed by atoms with Crippen molar-refractivity contribution in [2.45, 2.75) is 19.9 Å². The summed E-state index contributed by atoms with van der Waals surface area (Å²) in [7, 11) is 0. The molecule has 4 nitrogen and oxygen atoms in total. The van der Waals surface area contributed by atoms with Gasteiger partial charge in [-0.3, -0.25) is 4.79 Å². The third-order valence-electron chi connectivity index (χ3n) is 1.47. The zero-order valence-corrected chi connectivity index (χ0v) is 6.88. The Morgan fingerprint density at radius 2 is 2.46 bits per heavy atom. The average molecular weight is 190 g/mol. The van der Waals surface area contributed by atoms with E-state index in [0.29, 0.717) is 11.5 Å². The van der Waals surface area contributed by atoms with Gasteiger partial charge >= 0.3 is 6.43 Å². The van der Waals surface area contributed by atoms with Crippen LogP contribution in [0.15, 0.2) is 10.8 Å². The van der Waals surface area contributed by atoms with Gasteiger partial charge in [0.1, 0.15) is 11.5 Å². The third-order valence-corrected chi connectivity index (χ3v) is 1.47. The highest BCUT2D eigenvalue weighted by molar-refractivity contribution is 5.78. The minimum atomic E-state index is -2.99. The number of hydrogen-bond acceptors (Lipinski definition) is 3. The number of halogens is 2. The van der Waals surface area contributed by atoms with E-state index in [9.17, 15) is 13.6 Å². The van der Waals surface area contributed by atoms with Crippen LogP contribution in [0.4, 0.5) is 8.78 Å². The Balaban J connectivity index is 2.44. The minimum Gasteiger partial charge on any atom is -0.448 e. The molecule has 1 aromatic heterocycles. The maximum absolute atomic E-state index is 11.7. The summed E-state index contributed by atoms with van der Waals surface area (Å²) in [6.07, 6.45) is -1.80. The normalized spacial score (nSPS) is 10.5. The monoisotopic (exact) mass is 190 g/mol. The lowest BCUT2D eigenvalue weighted by atomic mass is 10.3. The molecule has 0 atom stereocenters. The lowest BCUT2D eigenvalue weighted by molar-refractivity contribution is -0.131. The number of carbonyl (C=O) groups excluding carboxylic acids is 1. The molecule has 0 saturated heterocycles. The van der Waals surface area contributed by atoms with Crippen molar-refractivity contribution < 1.29 is 18.0 Å². The first kappa shape index (κ1) is 9.63. The number of aryl methyl sites for hydroxylation is 1. The highest BCUT2D eigenvalue weighted by Crippen LogP contribution is 2.03. The van der Waals surface area contributed by atoms with Crippen molar-refractivity contribution in [3.05, 3.63) is 17.8 Å². The molecule has 0 unspecified atom stereocenters. The number of amides is 1. The van der Waals surface area contributed by atoms with Crippen LogP contribution in [0.5, 0.6) is 0 Å². The molecule has 13 heavy (non-hydrogen) atoms. The molecular weight excluding hydrogens is 182 g/mol. The van der Waals surface area contributed by atoms with Crippen molar-refractivity contribution in [3.8, 4) is 0 Å². The van der Waals surface area contributed by atoms with Crippen LogP contribution in [-0.2, 0) is 11.3 Å². The van der Waals surface area contributed by atoms with Crippen molar-refractivity contribution in [1.29, 1.82) is 0 Å². The van der Waals surface area contributed by atoms with Gasteiger partial charge in [0.2, 0.25) is 0 Å². The van der Waals surface area contributed by atoms with Crippen LogP contribution in [0.25, 0.3) is 0 Å². The number of oxazole rings is 1. The molecule has 0 radical (unpaired) electrons. The van der Waals surface area contributed by atoms with E-state index in [1.807, 2.05) is 5.32 Å². The molecule has 0 bridgehead atoms. The average Bonchev–Trinajstić information content (AvgIpc) is 2.47. The Kier molecular flexibility index (Phi) is 2.94. The van der Waals surface area contributed by atoms with E-state index in [1.54, 1.807) is 6.92 Å². The fourth-order valence-electron chi connectivity index (χ4n) is 0.746. The van der Waals surface area contributed by atoms with E-state index in [4.69, 9.17) is 4.42 Å². The number of hydrogen-bond donors (Lipinski definition) is 1. The van der Waals surface area contributed by atoms with Crippen molar-refractivity contribution in [2.24, 2.45) is 0 Å². The van der Waals surface area contributed by atoms with Crippen LogP contribution in [0.3, 0.4) is 0 Å². The van der Waals surface area contributed by atoms with E-state index in [2.05, 4.69) is 4.98 Å². The summed E-state index contributed by atoms with van der Waals surface area (Å²) >= 11 is 0. The second-order valence-corrected chi connectivity index (χ2v) is 2.37. The summed E-state index contributed by atoms with van der Waals surface area (Å²) in [6, 6.07) is 0. The Labute approximate surface area is 72.9 Å². The lowest BCUT2D eigenvalue weighted by Gasteiger charge is -2.01. The van der Waals surface area contributed by atoms with Gasteiger partial charge in [-0.25, -0.2) is 4.98 Å². The highest BCUT2D eigenvalue weighted by Gasteiger charge is 2.15. The summed E-state index contributed by atoms with van der Waals surface area (Å²) in [4.78, 5) is 14.2. The fourth-order valence-corrected chi connectivity index (χ4v) is 0.746. The van der Waals surface area contributed by atoms with Crippen molar-refractivity contribution in [2.75, 3.05) is 0 Å². The standard InChI is InChI=1S/C7H8F2N2O2/c1-4-5(11-3-13-4)2-10-7(12)6(8)9/h3,6H,2H2,1H3,(H,10,12). The SMILES string of the molecule is Cc1ocnc1CNC(=O)C(F)F. The van der Waals surface area contributed by atoms with E-state index in [0.717, 1.165) is 0 Å². The lowest BCUT2D eigenvalue weighted by Crippen LogP contribution is -2.29. The Morgan fingerprint density at radius 1 is 1.77 bits per heavy atom. The van der Waals surface area contributed by atoms with Crippen LogP contribution in [0.2, 0.25) is 0 Å². The quantitative estimate of drug-likeness (QED) is 0.769. The molecule has 0 fully saturated rings. The van der Waals surface area contributed by atoms with Crippen molar-refractivity contribution in [3.63, 3.8) is 0 Å². The summed E-state index contributed by atoms with van der Waals surface area (Å²) in [5, 5.41) is 2.01. The first-order valence-electron chi connectivity index (χ1n) is 3.56. The molecule has 1 N–H and O–H groups in total. The molecule has 0 aromatic carbocycles. The third kappa shape index (κ3) is 2.50. The van der Waals surface area contributed by atoms with Crippen LogP contribution in [0.1, 0.15) is 11.5 Å². The van der Waals surface area contributed by atoms with Gasteiger partial charge in [0, 0.05) is 0 Å². The molecule has 1 rings (SSSR count). The molecule has 0 aliphatic rings. The highest BCUT2D eigenvalue weighted by atomic mass is 19.3. The summed E-state index contributed by atoms with van der Waals surface area (Å²) in [6.45, 7) is 1.60. The maximum Gasteiger partial charge on any atom is 0.315 e. The summed E-state index contributed by atoms with van der Waals surface area (Å²) in [5.41, 5.74) is 0.453. The van der Waals surface area contributed by atoms with Crippen molar-refractivity contribution in [1.82, 2.24) is 10.3 Å². The van der Waals surface area contributed by atoms with E-state index >= 15 is 0 Å². The molecule has 0 aliphatic heterocycles. The molecule has 1 aromatic rings. The van der Waals surface area contributed by atoms with Gasteiger partial charge in [-0.05, 0) is 6.92 Å². The van der Waals surface area contributed by atoms with Crippen LogP contribution < -0.4 is 5.32 Å². The molecule has 0 saturated carbocycles. The number of alkyl halides is 2. The van der Waals surface area contributed by atoms with Gasteiger partial charge in [-0.15, -0.1) is 0 Å². The van der Waals surface area contributed by atoms with Gasteiger partial charge < -0.3 is 9.73 Å². The number of nitrogens with one attached hydrogen (secondary N) is 1.